The van der Waals surface area contributed by atoms with Gasteiger partial charge in [-0.2, -0.15) is 0 Å². The highest BCUT2D eigenvalue weighted by atomic mass is 35.5. The summed E-state index contributed by atoms with van der Waals surface area (Å²) in [6.07, 6.45) is 1.94. The number of fused-ring (bicyclic) bond motifs is 1. The van der Waals surface area contributed by atoms with E-state index >= 15 is 0 Å². The van der Waals surface area contributed by atoms with Crippen LogP contribution in [0.2, 0.25) is 5.02 Å². The number of halogens is 3. The second kappa shape index (κ2) is 8.83. The van der Waals surface area contributed by atoms with E-state index in [1.165, 1.54) is 22.5 Å². The lowest BCUT2D eigenvalue weighted by Gasteiger charge is -2.38. The summed E-state index contributed by atoms with van der Waals surface area (Å²) in [7, 11) is -3.96. The average molecular weight is 476 g/mol. The highest BCUT2D eigenvalue weighted by Gasteiger charge is 2.37. The van der Waals surface area contributed by atoms with Gasteiger partial charge >= 0.3 is 0 Å². The third-order valence-electron chi connectivity index (χ3n) is 5.99. The molecule has 0 fully saturated rings. The molecule has 1 heterocycles. The van der Waals surface area contributed by atoms with Crippen molar-refractivity contribution in [2.45, 2.75) is 50.5 Å². The maximum Gasteiger partial charge on any atom is 0.264 e. The van der Waals surface area contributed by atoms with Crippen molar-refractivity contribution in [1.29, 1.82) is 0 Å². The molecule has 0 radical (unpaired) electrons. The minimum absolute atomic E-state index is 0.197. The Balaban J connectivity index is 1.75. The van der Waals surface area contributed by atoms with Gasteiger partial charge in [-0.3, -0.25) is 4.31 Å². The van der Waals surface area contributed by atoms with Crippen LogP contribution in [0.15, 0.2) is 59.5 Å². The average Bonchev–Trinajstić information content (AvgIpc) is 2.72. The van der Waals surface area contributed by atoms with E-state index in [-0.39, 0.29) is 4.90 Å². The van der Waals surface area contributed by atoms with Crippen LogP contribution >= 0.6 is 11.6 Å². The topological polar surface area (TPSA) is 37.4 Å². The molecule has 1 unspecified atom stereocenters. The number of rotatable bonds is 5. The fraction of sp³-hybridized carbons (Fsp3) is 0.280. The van der Waals surface area contributed by atoms with Crippen LogP contribution in [0.1, 0.15) is 35.1 Å². The second-order valence-electron chi connectivity index (χ2n) is 8.31. The molecule has 0 bridgehead atoms. The van der Waals surface area contributed by atoms with Gasteiger partial charge in [0.1, 0.15) is 11.6 Å². The lowest BCUT2D eigenvalue weighted by molar-refractivity contribution is 0.515. The smallest absolute Gasteiger partial charge is 0.263 e. The van der Waals surface area contributed by atoms with Crippen molar-refractivity contribution in [3.05, 3.63) is 93.5 Å². The van der Waals surface area contributed by atoms with Gasteiger partial charge < -0.3 is 0 Å². The van der Waals surface area contributed by atoms with E-state index in [1.54, 1.807) is 37.3 Å². The Kier molecular flexibility index (Phi) is 6.28. The Morgan fingerprint density at radius 2 is 1.81 bits per heavy atom. The Morgan fingerprint density at radius 1 is 1.03 bits per heavy atom. The third kappa shape index (κ3) is 4.39. The number of anilines is 1. The van der Waals surface area contributed by atoms with E-state index in [0.29, 0.717) is 47.5 Å². The molecule has 0 spiro atoms. The van der Waals surface area contributed by atoms with Gasteiger partial charge in [-0.1, -0.05) is 41.4 Å². The number of hydrogen-bond donors (Lipinski definition) is 0. The number of aryl methyl sites for hydroxylation is 4. The van der Waals surface area contributed by atoms with Crippen molar-refractivity contribution in [1.82, 2.24) is 0 Å². The standard InChI is InChI=1S/C25H24ClF2NO2S/c1-16-3-12-25(17(2)13-16)32(30,31)29-22(10-6-18-4-8-20(26)14-23(18)28)11-7-19-5-9-21(27)15-24(19)29/h3-5,8-9,12-15,22H,6-7,10-11H2,1-2H3. The molecule has 0 aromatic heterocycles. The molecule has 168 valence electrons. The van der Waals surface area contributed by atoms with Gasteiger partial charge in [0.2, 0.25) is 0 Å². The second-order valence-corrected chi connectivity index (χ2v) is 10.5. The highest BCUT2D eigenvalue weighted by molar-refractivity contribution is 7.93. The van der Waals surface area contributed by atoms with E-state index < -0.39 is 27.7 Å². The largest absolute Gasteiger partial charge is 0.264 e. The summed E-state index contributed by atoms with van der Waals surface area (Å²) in [6, 6.07) is 13.5. The van der Waals surface area contributed by atoms with Crippen LogP contribution in [0, 0.1) is 25.5 Å². The predicted molar refractivity (Wildman–Crippen MR) is 124 cm³/mol. The van der Waals surface area contributed by atoms with Crippen molar-refractivity contribution < 1.29 is 17.2 Å². The van der Waals surface area contributed by atoms with E-state index in [4.69, 9.17) is 11.6 Å². The van der Waals surface area contributed by atoms with E-state index in [2.05, 4.69) is 0 Å². The van der Waals surface area contributed by atoms with E-state index in [1.807, 2.05) is 13.0 Å². The predicted octanol–water partition coefficient (Wildman–Crippen LogP) is 6.38. The molecule has 0 aliphatic carbocycles. The zero-order chi connectivity index (χ0) is 23.0. The molecular formula is C25H24ClF2NO2S. The van der Waals surface area contributed by atoms with Crippen LogP contribution in [0.3, 0.4) is 0 Å². The Labute approximate surface area is 192 Å². The lowest BCUT2D eigenvalue weighted by atomic mass is 9.94. The summed E-state index contributed by atoms with van der Waals surface area (Å²) in [5, 5.41) is 0.312. The number of nitrogens with zero attached hydrogens (tertiary/aromatic N) is 1. The van der Waals surface area contributed by atoms with Gasteiger partial charge in [0.15, 0.2) is 0 Å². The van der Waals surface area contributed by atoms with Crippen molar-refractivity contribution >= 4 is 27.3 Å². The molecule has 0 saturated carbocycles. The van der Waals surface area contributed by atoms with E-state index in [9.17, 15) is 17.2 Å². The summed E-state index contributed by atoms with van der Waals surface area (Å²) < 4.78 is 57.5. The zero-order valence-corrected chi connectivity index (χ0v) is 19.5. The minimum atomic E-state index is -3.96. The molecule has 0 saturated heterocycles. The molecule has 1 aliphatic rings. The van der Waals surface area contributed by atoms with Gasteiger partial charge in [-0.25, -0.2) is 17.2 Å². The Bertz CT molecular complexity index is 1280. The maximum atomic E-state index is 14.3. The lowest BCUT2D eigenvalue weighted by Crippen LogP contribution is -2.44. The quantitative estimate of drug-likeness (QED) is 0.429. The van der Waals surface area contributed by atoms with Crippen LogP contribution in [-0.4, -0.2) is 14.5 Å². The minimum Gasteiger partial charge on any atom is -0.263 e. The normalized spacial score (nSPS) is 16.2. The van der Waals surface area contributed by atoms with Gasteiger partial charge in [0, 0.05) is 11.1 Å². The fourth-order valence-electron chi connectivity index (χ4n) is 4.42. The summed E-state index contributed by atoms with van der Waals surface area (Å²) >= 11 is 5.85. The molecular weight excluding hydrogens is 452 g/mol. The van der Waals surface area contributed by atoms with Crippen molar-refractivity contribution in [2.75, 3.05) is 4.31 Å². The fourth-order valence-corrected chi connectivity index (χ4v) is 6.53. The molecule has 0 N–H and O–H groups in total. The molecule has 3 nitrogen and oxygen atoms in total. The zero-order valence-electron chi connectivity index (χ0n) is 17.9. The molecule has 3 aromatic rings. The Morgan fingerprint density at radius 3 is 2.53 bits per heavy atom. The van der Waals surface area contributed by atoms with Crippen LogP contribution in [0.4, 0.5) is 14.5 Å². The summed E-state index contributed by atoms with van der Waals surface area (Å²) in [4.78, 5) is 0.197. The first-order valence-corrected chi connectivity index (χ1v) is 12.3. The van der Waals surface area contributed by atoms with Crippen LogP contribution < -0.4 is 4.31 Å². The van der Waals surface area contributed by atoms with Crippen LogP contribution in [0.25, 0.3) is 0 Å². The summed E-state index contributed by atoms with van der Waals surface area (Å²) in [6.45, 7) is 3.66. The number of benzene rings is 3. The molecule has 1 aliphatic heterocycles. The highest BCUT2D eigenvalue weighted by Crippen LogP contribution is 2.38. The molecule has 7 heteroatoms. The molecule has 1 atom stereocenters. The van der Waals surface area contributed by atoms with Gasteiger partial charge in [-0.05, 0) is 86.6 Å². The monoisotopic (exact) mass is 475 g/mol. The summed E-state index contributed by atoms with van der Waals surface area (Å²) in [5.74, 6) is -0.905. The van der Waals surface area contributed by atoms with Crippen LogP contribution in [0.5, 0.6) is 0 Å². The van der Waals surface area contributed by atoms with Crippen molar-refractivity contribution in [3.8, 4) is 0 Å². The van der Waals surface area contributed by atoms with Crippen molar-refractivity contribution in [3.63, 3.8) is 0 Å². The first-order valence-electron chi connectivity index (χ1n) is 10.5. The molecule has 32 heavy (non-hydrogen) atoms. The number of sulfonamides is 1. The first kappa shape index (κ1) is 22.7. The summed E-state index contributed by atoms with van der Waals surface area (Å²) in [5.41, 5.74) is 3.21. The Hall–Kier alpha value is -2.44. The molecule has 0 amide bonds. The third-order valence-corrected chi connectivity index (χ3v) is 8.25. The van der Waals surface area contributed by atoms with Crippen molar-refractivity contribution in [2.24, 2.45) is 0 Å². The SMILES string of the molecule is Cc1ccc(S(=O)(=O)N2c3cc(F)ccc3CCC2CCc2ccc(Cl)cc2F)c(C)c1. The molecule has 4 rings (SSSR count). The maximum absolute atomic E-state index is 14.3. The number of hydrogen-bond acceptors (Lipinski definition) is 2. The van der Waals surface area contributed by atoms with Gasteiger partial charge in [-0.15, -0.1) is 0 Å². The van der Waals surface area contributed by atoms with Gasteiger partial charge in [0.05, 0.1) is 10.6 Å². The van der Waals surface area contributed by atoms with E-state index in [0.717, 1.165) is 11.1 Å². The van der Waals surface area contributed by atoms with Crippen LogP contribution in [-0.2, 0) is 22.9 Å². The van der Waals surface area contributed by atoms with Gasteiger partial charge in [0.25, 0.3) is 10.0 Å². The molecule has 3 aromatic carbocycles. The first-order chi connectivity index (χ1) is 15.2.